The monoisotopic (exact) mass is 313 g/mol. The molecule has 23 heavy (non-hydrogen) atoms. The van der Waals surface area contributed by atoms with Crippen LogP contribution in [0.2, 0.25) is 0 Å². The molecule has 0 aromatic heterocycles. The minimum absolute atomic E-state index is 0.0376. The van der Waals surface area contributed by atoms with Gasteiger partial charge in [-0.05, 0) is 48.9 Å². The van der Waals surface area contributed by atoms with Crippen LogP contribution in [0.15, 0.2) is 23.9 Å². The number of hydrogen-bond acceptors (Lipinski definition) is 3. The molecule has 0 heterocycles. The van der Waals surface area contributed by atoms with Crippen molar-refractivity contribution in [1.82, 2.24) is 4.90 Å². The lowest BCUT2D eigenvalue weighted by Gasteiger charge is -2.23. The van der Waals surface area contributed by atoms with E-state index in [-0.39, 0.29) is 11.6 Å². The molecule has 0 atom stereocenters. The highest BCUT2D eigenvalue weighted by atomic mass is 16.1. The average molecular weight is 313 g/mol. The number of ketones is 2. The van der Waals surface area contributed by atoms with E-state index < -0.39 is 0 Å². The zero-order valence-corrected chi connectivity index (χ0v) is 14.7. The molecule has 1 aromatic rings. The molecule has 0 aliphatic heterocycles. The molecule has 0 unspecified atom stereocenters. The summed E-state index contributed by atoms with van der Waals surface area (Å²) in [4.78, 5) is 26.9. The summed E-state index contributed by atoms with van der Waals surface area (Å²) in [5.41, 5.74) is 4.10. The highest BCUT2D eigenvalue weighted by Crippen LogP contribution is 2.27. The Hall–Kier alpha value is -1.90. The number of rotatable bonds is 7. The second-order valence-corrected chi connectivity index (χ2v) is 6.49. The summed E-state index contributed by atoms with van der Waals surface area (Å²) in [6, 6.07) is 3.95. The minimum Gasteiger partial charge on any atom is -0.374 e. The van der Waals surface area contributed by atoms with E-state index in [1.54, 1.807) is 19.0 Å². The Balaban J connectivity index is 2.48. The molecule has 2 rings (SSSR count). The SMILES string of the molecule is CCCCc1cc2c(cc1CCCC)C(=O)C(N(C)C)=CC2=O. The lowest BCUT2D eigenvalue weighted by molar-refractivity contribution is 0.0962. The van der Waals surface area contributed by atoms with Gasteiger partial charge < -0.3 is 4.90 Å². The van der Waals surface area contributed by atoms with Crippen LogP contribution in [0.4, 0.5) is 0 Å². The van der Waals surface area contributed by atoms with Gasteiger partial charge in [0.05, 0.1) is 5.70 Å². The first kappa shape index (κ1) is 17.5. The fourth-order valence-corrected chi connectivity index (χ4v) is 3.02. The van der Waals surface area contributed by atoms with E-state index in [1.165, 1.54) is 17.2 Å². The number of Topliss-reactive ketones (excluding diaryl/α,β-unsaturated/α-hetero) is 1. The van der Waals surface area contributed by atoms with E-state index in [9.17, 15) is 9.59 Å². The van der Waals surface area contributed by atoms with Gasteiger partial charge in [0.15, 0.2) is 5.78 Å². The number of nitrogens with zero attached hydrogens (tertiary/aromatic N) is 1. The summed E-state index contributed by atoms with van der Waals surface area (Å²) in [6.45, 7) is 4.34. The van der Waals surface area contributed by atoms with E-state index in [0.29, 0.717) is 16.8 Å². The van der Waals surface area contributed by atoms with Gasteiger partial charge in [-0.2, -0.15) is 0 Å². The molecule has 124 valence electrons. The van der Waals surface area contributed by atoms with Crippen molar-refractivity contribution in [2.45, 2.75) is 52.4 Å². The van der Waals surface area contributed by atoms with Crippen molar-refractivity contribution in [1.29, 1.82) is 0 Å². The Labute approximate surface area is 139 Å². The maximum Gasteiger partial charge on any atom is 0.209 e. The van der Waals surface area contributed by atoms with Gasteiger partial charge >= 0.3 is 0 Å². The van der Waals surface area contributed by atoms with Gasteiger partial charge in [-0.15, -0.1) is 0 Å². The predicted octanol–water partition coefficient (Wildman–Crippen LogP) is 4.20. The second-order valence-electron chi connectivity index (χ2n) is 6.49. The molecular weight excluding hydrogens is 286 g/mol. The Morgan fingerprint density at radius 3 is 1.87 bits per heavy atom. The van der Waals surface area contributed by atoms with Gasteiger partial charge in [0.25, 0.3) is 0 Å². The fraction of sp³-hybridized carbons (Fsp3) is 0.500. The highest BCUT2D eigenvalue weighted by Gasteiger charge is 2.27. The van der Waals surface area contributed by atoms with Gasteiger partial charge in [0.2, 0.25) is 5.78 Å². The van der Waals surface area contributed by atoms with Gasteiger partial charge in [-0.1, -0.05) is 26.7 Å². The van der Waals surface area contributed by atoms with Crippen LogP contribution in [0.1, 0.15) is 71.4 Å². The van der Waals surface area contributed by atoms with E-state index >= 15 is 0 Å². The quantitative estimate of drug-likeness (QED) is 0.757. The molecule has 0 N–H and O–H groups in total. The van der Waals surface area contributed by atoms with Crippen LogP contribution >= 0.6 is 0 Å². The summed E-state index contributed by atoms with van der Waals surface area (Å²) in [5.74, 6) is -0.0903. The number of fused-ring (bicyclic) bond motifs is 1. The first-order valence-electron chi connectivity index (χ1n) is 8.63. The number of hydrogen-bond donors (Lipinski definition) is 0. The molecule has 0 radical (unpaired) electrons. The largest absolute Gasteiger partial charge is 0.374 e. The zero-order chi connectivity index (χ0) is 17.0. The minimum atomic E-state index is -0.0527. The summed E-state index contributed by atoms with van der Waals surface area (Å²) in [6.07, 6.45) is 7.90. The van der Waals surface area contributed by atoms with Crippen LogP contribution in [-0.4, -0.2) is 30.6 Å². The third-order valence-corrected chi connectivity index (χ3v) is 4.43. The molecule has 1 aliphatic carbocycles. The van der Waals surface area contributed by atoms with Crippen molar-refractivity contribution in [3.63, 3.8) is 0 Å². The van der Waals surface area contributed by atoms with Crippen LogP contribution in [0.5, 0.6) is 0 Å². The van der Waals surface area contributed by atoms with Crippen LogP contribution in [0, 0.1) is 0 Å². The van der Waals surface area contributed by atoms with Crippen LogP contribution < -0.4 is 0 Å². The molecular formula is C20H27NO2. The van der Waals surface area contributed by atoms with E-state index in [4.69, 9.17) is 0 Å². The molecule has 0 fully saturated rings. The smallest absolute Gasteiger partial charge is 0.209 e. The Bertz CT molecular complexity index is 641. The third-order valence-electron chi connectivity index (χ3n) is 4.43. The second kappa shape index (κ2) is 7.58. The molecule has 0 amide bonds. The van der Waals surface area contributed by atoms with Gasteiger partial charge in [0, 0.05) is 31.3 Å². The number of carbonyl (C=O) groups is 2. The van der Waals surface area contributed by atoms with Crippen molar-refractivity contribution < 1.29 is 9.59 Å². The molecule has 0 saturated heterocycles. The number of allylic oxidation sites excluding steroid dienone is 2. The normalized spacial score (nSPS) is 13.8. The maximum atomic E-state index is 12.7. The van der Waals surface area contributed by atoms with Crippen LogP contribution in [0.25, 0.3) is 0 Å². The molecule has 0 saturated carbocycles. The number of aryl methyl sites for hydroxylation is 2. The Morgan fingerprint density at radius 2 is 1.39 bits per heavy atom. The average Bonchev–Trinajstić information content (AvgIpc) is 2.53. The topological polar surface area (TPSA) is 37.4 Å². The first-order chi connectivity index (χ1) is 11.0. The predicted molar refractivity (Wildman–Crippen MR) is 94.1 cm³/mol. The van der Waals surface area contributed by atoms with Crippen molar-refractivity contribution in [2.24, 2.45) is 0 Å². The van der Waals surface area contributed by atoms with Crippen LogP contribution in [-0.2, 0) is 12.8 Å². The Morgan fingerprint density at radius 1 is 0.870 bits per heavy atom. The lowest BCUT2D eigenvalue weighted by Crippen LogP contribution is -2.26. The highest BCUT2D eigenvalue weighted by molar-refractivity contribution is 6.24. The zero-order valence-electron chi connectivity index (χ0n) is 14.7. The third kappa shape index (κ3) is 3.72. The van der Waals surface area contributed by atoms with Crippen molar-refractivity contribution in [3.05, 3.63) is 46.2 Å². The summed E-state index contributed by atoms with van der Waals surface area (Å²) in [7, 11) is 3.60. The van der Waals surface area contributed by atoms with Crippen LogP contribution in [0.3, 0.4) is 0 Å². The molecule has 3 nitrogen and oxygen atoms in total. The number of unbranched alkanes of at least 4 members (excludes halogenated alkanes) is 2. The first-order valence-corrected chi connectivity index (χ1v) is 8.63. The maximum absolute atomic E-state index is 12.7. The molecule has 0 bridgehead atoms. The van der Waals surface area contributed by atoms with E-state index in [0.717, 1.165) is 38.5 Å². The summed E-state index contributed by atoms with van der Waals surface area (Å²) in [5, 5.41) is 0. The van der Waals surface area contributed by atoms with Crippen molar-refractivity contribution >= 4 is 11.6 Å². The van der Waals surface area contributed by atoms with Crippen molar-refractivity contribution in [3.8, 4) is 0 Å². The Kier molecular flexibility index (Phi) is 5.75. The number of carbonyl (C=O) groups excluding carboxylic acids is 2. The summed E-state index contributed by atoms with van der Waals surface area (Å²) < 4.78 is 0. The van der Waals surface area contributed by atoms with Crippen molar-refractivity contribution in [2.75, 3.05) is 14.1 Å². The molecule has 1 aliphatic rings. The van der Waals surface area contributed by atoms with E-state index in [1.807, 2.05) is 12.1 Å². The van der Waals surface area contributed by atoms with Gasteiger partial charge in [0.1, 0.15) is 0 Å². The number of benzene rings is 1. The van der Waals surface area contributed by atoms with Gasteiger partial charge in [-0.3, -0.25) is 9.59 Å². The summed E-state index contributed by atoms with van der Waals surface area (Å²) >= 11 is 0. The standard InChI is InChI=1S/C20H27NO2/c1-5-7-9-14-11-16-17(12-15(14)10-8-6-2)20(23)18(21(3)4)13-19(16)22/h11-13H,5-10H2,1-4H3. The van der Waals surface area contributed by atoms with Gasteiger partial charge in [-0.25, -0.2) is 0 Å². The number of likely N-dealkylation sites (N-methyl/N-ethyl adjacent to an activating group) is 1. The van der Waals surface area contributed by atoms with E-state index in [2.05, 4.69) is 13.8 Å². The fourth-order valence-electron chi connectivity index (χ4n) is 3.02. The molecule has 1 aromatic carbocycles. The molecule has 3 heteroatoms. The lowest BCUT2D eigenvalue weighted by atomic mass is 9.86. The molecule has 0 spiro atoms.